The van der Waals surface area contributed by atoms with Crippen molar-refractivity contribution in [3.05, 3.63) is 23.8 Å². The summed E-state index contributed by atoms with van der Waals surface area (Å²) in [6.07, 6.45) is 26.1. The molecule has 1 aliphatic carbocycles. The van der Waals surface area contributed by atoms with Gasteiger partial charge in [-0.25, -0.2) is 0 Å². The number of esters is 1. The first-order valence-electron chi connectivity index (χ1n) is 11.7. The third-order valence-corrected chi connectivity index (χ3v) is 5.69. The number of unbranched alkanes of at least 4 members (excludes halogenated alkanes) is 9. The average Bonchev–Trinajstić information content (AvgIpc) is 2.70. The lowest BCUT2D eigenvalue weighted by atomic mass is 9.89. The Bertz CT molecular complexity index is 422. The minimum absolute atomic E-state index is 0.00581. The van der Waals surface area contributed by atoms with Crippen LogP contribution in [0.1, 0.15) is 117 Å². The number of carbonyl (C=O) groups is 1. The van der Waals surface area contributed by atoms with Crippen LogP contribution >= 0.6 is 0 Å². The Kier molecular flexibility index (Phi) is 15.2. The van der Waals surface area contributed by atoms with Crippen LogP contribution in [-0.2, 0) is 9.53 Å². The van der Waals surface area contributed by atoms with Crippen LogP contribution in [0.25, 0.3) is 0 Å². The van der Waals surface area contributed by atoms with Crippen LogP contribution in [0.5, 0.6) is 0 Å². The normalized spacial score (nSPS) is 17.3. The second-order valence-electron chi connectivity index (χ2n) is 8.17. The molecular formula is C25H44O2. The van der Waals surface area contributed by atoms with Crippen molar-refractivity contribution in [1.29, 1.82) is 0 Å². The highest BCUT2D eigenvalue weighted by atomic mass is 16.5. The Balaban J connectivity index is 1.86. The van der Waals surface area contributed by atoms with Gasteiger partial charge in [-0.3, -0.25) is 4.79 Å². The van der Waals surface area contributed by atoms with Crippen LogP contribution in [0.4, 0.5) is 0 Å². The fourth-order valence-corrected chi connectivity index (χ4v) is 3.68. The van der Waals surface area contributed by atoms with Gasteiger partial charge < -0.3 is 4.74 Å². The van der Waals surface area contributed by atoms with Gasteiger partial charge in [0.15, 0.2) is 0 Å². The molecule has 1 rings (SSSR count). The molecule has 2 nitrogen and oxygen atoms in total. The molecule has 1 unspecified atom stereocenters. The predicted octanol–water partition coefficient (Wildman–Crippen LogP) is 7.92. The van der Waals surface area contributed by atoms with Gasteiger partial charge in [-0.2, -0.15) is 0 Å². The molecular weight excluding hydrogens is 332 g/mol. The molecule has 27 heavy (non-hydrogen) atoms. The van der Waals surface area contributed by atoms with Gasteiger partial charge in [-0.05, 0) is 63.7 Å². The summed E-state index contributed by atoms with van der Waals surface area (Å²) in [6, 6.07) is 0. The minimum Gasteiger partial charge on any atom is -0.465 e. The van der Waals surface area contributed by atoms with Crippen LogP contribution in [0.2, 0.25) is 0 Å². The zero-order chi connectivity index (χ0) is 19.6. The van der Waals surface area contributed by atoms with Crippen molar-refractivity contribution in [1.82, 2.24) is 0 Å². The SMILES string of the molecule is CCCCCC/C=C\CCCCCCCC(=O)OCC1CC=C(CC)CC1. The molecule has 0 amide bonds. The molecule has 1 atom stereocenters. The van der Waals surface area contributed by atoms with E-state index in [1.165, 1.54) is 77.0 Å². The Morgan fingerprint density at radius 3 is 2.30 bits per heavy atom. The zero-order valence-corrected chi connectivity index (χ0v) is 18.1. The third-order valence-electron chi connectivity index (χ3n) is 5.69. The highest BCUT2D eigenvalue weighted by Gasteiger charge is 2.15. The summed E-state index contributed by atoms with van der Waals surface area (Å²) in [7, 11) is 0. The molecule has 0 aromatic carbocycles. The molecule has 0 saturated carbocycles. The Hall–Kier alpha value is -1.05. The molecule has 156 valence electrons. The number of hydrogen-bond donors (Lipinski definition) is 0. The lowest BCUT2D eigenvalue weighted by Gasteiger charge is -2.21. The molecule has 0 aromatic heterocycles. The van der Waals surface area contributed by atoms with Gasteiger partial charge in [0.2, 0.25) is 0 Å². The third kappa shape index (κ3) is 13.7. The van der Waals surface area contributed by atoms with Gasteiger partial charge in [-0.15, -0.1) is 0 Å². The fraction of sp³-hybridized carbons (Fsp3) is 0.800. The predicted molar refractivity (Wildman–Crippen MR) is 117 cm³/mol. The van der Waals surface area contributed by atoms with E-state index in [-0.39, 0.29) is 5.97 Å². The van der Waals surface area contributed by atoms with Crippen molar-refractivity contribution < 1.29 is 9.53 Å². The van der Waals surface area contributed by atoms with Crippen molar-refractivity contribution in [2.24, 2.45) is 5.92 Å². The number of ether oxygens (including phenoxy) is 1. The van der Waals surface area contributed by atoms with E-state index in [4.69, 9.17) is 4.74 Å². The molecule has 0 bridgehead atoms. The van der Waals surface area contributed by atoms with Crippen LogP contribution < -0.4 is 0 Å². The lowest BCUT2D eigenvalue weighted by molar-refractivity contribution is -0.145. The van der Waals surface area contributed by atoms with Gasteiger partial charge in [0.1, 0.15) is 0 Å². The Morgan fingerprint density at radius 2 is 1.67 bits per heavy atom. The van der Waals surface area contributed by atoms with Crippen molar-refractivity contribution in [3.63, 3.8) is 0 Å². The molecule has 2 heteroatoms. The van der Waals surface area contributed by atoms with Crippen LogP contribution in [0.3, 0.4) is 0 Å². The standard InChI is InChI=1S/C25H44O2/c1-3-5-6-7-8-9-10-11-12-13-14-15-16-17-25(26)27-22-24-20-18-23(4-2)19-21-24/h9-10,18,24H,3-8,11-17,19-22H2,1-2H3/b10-9-. The summed E-state index contributed by atoms with van der Waals surface area (Å²) in [5.74, 6) is 0.551. The monoisotopic (exact) mass is 376 g/mol. The maximum Gasteiger partial charge on any atom is 0.305 e. The van der Waals surface area contributed by atoms with Crippen molar-refractivity contribution in [3.8, 4) is 0 Å². The number of allylic oxidation sites excluding steroid dienone is 4. The Morgan fingerprint density at radius 1 is 1.00 bits per heavy atom. The summed E-state index contributed by atoms with van der Waals surface area (Å²) in [5, 5.41) is 0. The first-order valence-corrected chi connectivity index (χ1v) is 11.7. The van der Waals surface area contributed by atoms with E-state index in [1.54, 1.807) is 5.57 Å². The maximum absolute atomic E-state index is 11.9. The first-order chi connectivity index (χ1) is 13.3. The molecule has 0 spiro atoms. The highest BCUT2D eigenvalue weighted by Crippen LogP contribution is 2.25. The van der Waals surface area contributed by atoms with Crippen LogP contribution in [0.15, 0.2) is 23.8 Å². The Labute approximate surface area is 168 Å². The fourth-order valence-electron chi connectivity index (χ4n) is 3.68. The van der Waals surface area contributed by atoms with E-state index in [1.807, 2.05) is 0 Å². The quantitative estimate of drug-likeness (QED) is 0.155. The van der Waals surface area contributed by atoms with E-state index < -0.39 is 0 Å². The maximum atomic E-state index is 11.9. The van der Waals surface area contributed by atoms with Gasteiger partial charge in [-0.1, -0.05) is 76.2 Å². The smallest absolute Gasteiger partial charge is 0.305 e. The van der Waals surface area contributed by atoms with E-state index in [0.29, 0.717) is 18.9 Å². The largest absolute Gasteiger partial charge is 0.465 e. The second-order valence-corrected chi connectivity index (χ2v) is 8.17. The molecule has 0 fully saturated rings. The van der Waals surface area contributed by atoms with Crippen molar-refractivity contribution in [2.75, 3.05) is 6.61 Å². The second kappa shape index (κ2) is 17.1. The van der Waals surface area contributed by atoms with E-state index in [0.717, 1.165) is 19.3 Å². The highest BCUT2D eigenvalue weighted by molar-refractivity contribution is 5.69. The van der Waals surface area contributed by atoms with Crippen LogP contribution in [-0.4, -0.2) is 12.6 Å². The van der Waals surface area contributed by atoms with E-state index in [2.05, 4.69) is 32.1 Å². The summed E-state index contributed by atoms with van der Waals surface area (Å²) in [5.41, 5.74) is 1.57. The topological polar surface area (TPSA) is 26.3 Å². The zero-order valence-electron chi connectivity index (χ0n) is 18.1. The summed E-state index contributed by atoms with van der Waals surface area (Å²) < 4.78 is 5.48. The number of hydrogen-bond acceptors (Lipinski definition) is 2. The minimum atomic E-state index is 0.00581. The summed E-state index contributed by atoms with van der Waals surface area (Å²) >= 11 is 0. The molecule has 0 aromatic rings. The van der Waals surface area contributed by atoms with Gasteiger partial charge in [0.25, 0.3) is 0 Å². The molecule has 0 aliphatic heterocycles. The molecule has 0 radical (unpaired) electrons. The molecule has 0 heterocycles. The van der Waals surface area contributed by atoms with Gasteiger partial charge in [0.05, 0.1) is 6.61 Å². The van der Waals surface area contributed by atoms with Crippen LogP contribution in [0, 0.1) is 5.92 Å². The molecule has 1 aliphatic rings. The summed E-state index contributed by atoms with van der Waals surface area (Å²) in [6.45, 7) is 5.10. The average molecular weight is 377 g/mol. The number of rotatable bonds is 16. The molecule has 0 saturated heterocycles. The van der Waals surface area contributed by atoms with Gasteiger partial charge >= 0.3 is 5.97 Å². The van der Waals surface area contributed by atoms with E-state index in [9.17, 15) is 4.79 Å². The lowest BCUT2D eigenvalue weighted by Crippen LogP contribution is -2.16. The summed E-state index contributed by atoms with van der Waals surface area (Å²) in [4.78, 5) is 11.9. The van der Waals surface area contributed by atoms with Crippen molar-refractivity contribution >= 4 is 5.97 Å². The van der Waals surface area contributed by atoms with E-state index >= 15 is 0 Å². The van der Waals surface area contributed by atoms with Gasteiger partial charge in [0, 0.05) is 6.42 Å². The van der Waals surface area contributed by atoms with Crippen molar-refractivity contribution in [2.45, 2.75) is 117 Å². The molecule has 0 N–H and O–H groups in total. The first kappa shape index (κ1) is 24.0. The number of carbonyl (C=O) groups excluding carboxylic acids is 1.